The van der Waals surface area contributed by atoms with Crippen molar-refractivity contribution in [3.63, 3.8) is 0 Å². The van der Waals surface area contributed by atoms with Crippen LogP contribution in [-0.4, -0.2) is 19.3 Å². The van der Waals surface area contributed by atoms with Crippen molar-refractivity contribution in [3.8, 4) is 11.3 Å². The van der Waals surface area contributed by atoms with Crippen molar-refractivity contribution in [2.24, 2.45) is 0 Å². The lowest BCUT2D eigenvalue weighted by Crippen LogP contribution is -2.29. The molecule has 0 saturated heterocycles. The molecule has 0 spiro atoms. The zero-order valence-corrected chi connectivity index (χ0v) is 21.6. The number of anilines is 1. The average Bonchev–Trinajstić information content (AvgIpc) is 2.82. The molecule has 4 aromatic rings. The van der Waals surface area contributed by atoms with Gasteiger partial charge in [-0.3, -0.25) is 9.59 Å². The number of pyridine rings is 1. The molecule has 186 valence electrons. The number of aryl methyl sites for hydroxylation is 1. The molecule has 2 aromatic heterocycles. The Morgan fingerprint density at radius 3 is 2.44 bits per heavy atom. The van der Waals surface area contributed by atoms with Crippen molar-refractivity contribution in [1.82, 2.24) is 9.71 Å². The number of nitrogens with zero attached hydrogens (tertiary/aromatic N) is 1. The monoisotopic (exact) mass is 525 g/mol. The van der Waals surface area contributed by atoms with E-state index in [9.17, 15) is 18.0 Å². The lowest BCUT2D eigenvalue weighted by molar-refractivity contribution is -0.117. The Bertz CT molecular complexity index is 1650. The molecule has 0 aliphatic heterocycles. The molecular weight excluding hydrogens is 502 g/mol. The van der Waals surface area contributed by atoms with E-state index in [0.29, 0.717) is 27.9 Å². The van der Waals surface area contributed by atoms with Gasteiger partial charge in [0.25, 0.3) is 10.0 Å². The minimum atomic E-state index is -4.28. The fourth-order valence-electron chi connectivity index (χ4n) is 4.04. The molecule has 1 unspecified atom stereocenters. The molecule has 2 N–H and O–H groups in total. The molecule has 36 heavy (non-hydrogen) atoms. The number of benzene rings is 2. The van der Waals surface area contributed by atoms with Gasteiger partial charge in [0, 0.05) is 23.6 Å². The first-order chi connectivity index (χ1) is 17.0. The minimum absolute atomic E-state index is 0.0490. The molecule has 0 aliphatic rings. The van der Waals surface area contributed by atoms with Crippen molar-refractivity contribution in [2.75, 3.05) is 5.32 Å². The smallest absolute Gasteiger partial charge is 0.283 e. The summed E-state index contributed by atoms with van der Waals surface area (Å²) in [7, 11) is -4.28. The van der Waals surface area contributed by atoms with Gasteiger partial charge in [0.1, 0.15) is 16.5 Å². The van der Waals surface area contributed by atoms with Gasteiger partial charge in [-0.05, 0) is 44.5 Å². The Kier molecular flexibility index (Phi) is 6.88. The van der Waals surface area contributed by atoms with Crippen molar-refractivity contribution in [3.05, 3.63) is 86.7 Å². The summed E-state index contributed by atoms with van der Waals surface area (Å²) in [5.74, 6) is -0.293. The third-order valence-corrected chi connectivity index (χ3v) is 7.21. The summed E-state index contributed by atoms with van der Waals surface area (Å²) in [6, 6.07) is 15.4. The Morgan fingerprint density at radius 1 is 1.08 bits per heavy atom. The highest BCUT2D eigenvalue weighted by Gasteiger charge is 2.25. The second-order valence-electron chi connectivity index (χ2n) is 8.50. The highest BCUT2D eigenvalue weighted by Crippen LogP contribution is 2.33. The number of fused-ring (bicyclic) bond motifs is 1. The lowest BCUT2D eigenvalue weighted by atomic mass is 9.99. The quantitative estimate of drug-likeness (QED) is 0.335. The largest absolute Gasteiger partial charge is 0.455 e. The first-order valence-corrected chi connectivity index (χ1v) is 12.9. The van der Waals surface area contributed by atoms with Gasteiger partial charge in [0.2, 0.25) is 10.9 Å². The maximum Gasteiger partial charge on any atom is 0.283 e. The number of hydrogen-bond acceptors (Lipinski definition) is 7. The molecule has 2 heterocycles. The Morgan fingerprint density at radius 2 is 1.78 bits per heavy atom. The second-order valence-corrected chi connectivity index (χ2v) is 10.5. The van der Waals surface area contributed by atoms with E-state index in [-0.39, 0.29) is 16.3 Å². The Hall–Kier alpha value is -3.69. The molecule has 4 rings (SSSR count). The fraction of sp³-hybridized carbons (Fsp3) is 0.192. The molecule has 0 saturated carbocycles. The van der Waals surface area contributed by atoms with Gasteiger partial charge < -0.3 is 9.73 Å². The summed E-state index contributed by atoms with van der Waals surface area (Å²) in [4.78, 5) is 28.7. The summed E-state index contributed by atoms with van der Waals surface area (Å²) in [5.41, 5.74) is 3.14. The zero-order chi connectivity index (χ0) is 26.2. The van der Waals surface area contributed by atoms with E-state index in [0.717, 1.165) is 18.1 Å². The number of sulfonamides is 1. The normalized spacial score (nSPS) is 12.4. The predicted molar refractivity (Wildman–Crippen MR) is 140 cm³/mol. The van der Waals surface area contributed by atoms with Crippen molar-refractivity contribution in [2.45, 2.75) is 38.8 Å². The number of rotatable bonds is 6. The molecular formula is C26H24ClN3O5S. The fourth-order valence-corrected chi connectivity index (χ4v) is 5.34. The van der Waals surface area contributed by atoms with Crippen LogP contribution in [0.3, 0.4) is 0 Å². The third-order valence-electron chi connectivity index (χ3n) is 5.63. The SMILES string of the molecule is CC(=O)NS(=O)(=O)c1nc(Cl)ccc1NC(C)c1cc(C)cc2c(=O)c(C)c(-c3ccccc3)oc12. The standard InChI is InChI=1S/C26H24ClN3O5S/c1-14-12-19(16(3)28-21-10-11-22(27)29-26(21)36(33,34)30-17(4)31)25-20(13-14)23(32)15(2)24(35-25)18-8-6-5-7-9-18/h5-13,16,28H,1-4H3,(H,30,31). The number of amides is 1. The van der Waals surface area contributed by atoms with Crippen LogP contribution in [0.5, 0.6) is 0 Å². The van der Waals surface area contributed by atoms with E-state index < -0.39 is 27.0 Å². The predicted octanol–water partition coefficient (Wildman–Crippen LogP) is 5.12. The number of hydrogen-bond donors (Lipinski definition) is 2. The van der Waals surface area contributed by atoms with Crippen LogP contribution in [0.25, 0.3) is 22.3 Å². The summed E-state index contributed by atoms with van der Waals surface area (Å²) in [6.07, 6.45) is 0. The first kappa shape index (κ1) is 25.4. The van der Waals surface area contributed by atoms with E-state index >= 15 is 0 Å². The van der Waals surface area contributed by atoms with Crippen LogP contribution in [0.15, 0.2) is 68.8 Å². The highest BCUT2D eigenvalue weighted by molar-refractivity contribution is 7.90. The summed E-state index contributed by atoms with van der Waals surface area (Å²) >= 11 is 5.95. The van der Waals surface area contributed by atoms with Gasteiger partial charge >= 0.3 is 0 Å². The molecule has 8 nitrogen and oxygen atoms in total. The van der Waals surface area contributed by atoms with Crippen LogP contribution in [0, 0.1) is 13.8 Å². The summed E-state index contributed by atoms with van der Waals surface area (Å²) in [5, 5.41) is 3.09. The number of aromatic nitrogens is 1. The summed E-state index contributed by atoms with van der Waals surface area (Å²) in [6.45, 7) is 6.49. The van der Waals surface area contributed by atoms with E-state index in [2.05, 4.69) is 10.3 Å². The van der Waals surface area contributed by atoms with Gasteiger partial charge in [-0.2, -0.15) is 8.42 Å². The van der Waals surface area contributed by atoms with E-state index in [1.807, 2.05) is 48.0 Å². The van der Waals surface area contributed by atoms with Crippen LogP contribution < -0.4 is 15.5 Å². The molecule has 0 aliphatic carbocycles. The van der Waals surface area contributed by atoms with Crippen LogP contribution >= 0.6 is 11.6 Å². The summed E-state index contributed by atoms with van der Waals surface area (Å²) < 4.78 is 33.7. The van der Waals surface area contributed by atoms with E-state index in [4.69, 9.17) is 16.0 Å². The van der Waals surface area contributed by atoms with Gasteiger partial charge in [0.05, 0.1) is 17.1 Å². The van der Waals surface area contributed by atoms with Crippen molar-refractivity contribution < 1.29 is 17.6 Å². The maximum absolute atomic E-state index is 13.3. The van der Waals surface area contributed by atoms with E-state index in [1.165, 1.54) is 12.1 Å². The number of halogens is 1. The molecule has 0 radical (unpaired) electrons. The van der Waals surface area contributed by atoms with Gasteiger partial charge in [-0.1, -0.05) is 48.0 Å². The third kappa shape index (κ3) is 4.98. The van der Waals surface area contributed by atoms with Crippen molar-refractivity contribution in [1.29, 1.82) is 0 Å². The number of carbonyl (C=O) groups is 1. The topological polar surface area (TPSA) is 118 Å². The molecule has 10 heteroatoms. The maximum atomic E-state index is 13.3. The van der Waals surface area contributed by atoms with Crippen LogP contribution in [-0.2, 0) is 14.8 Å². The number of carbonyl (C=O) groups excluding carboxylic acids is 1. The Balaban J connectivity index is 1.87. The van der Waals surface area contributed by atoms with Crippen LogP contribution in [0.1, 0.15) is 36.6 Å². The average molecular weight is 526 g/mol. The number of nitrogens with one attached hydrogen (secondary N) is 2. The van der Waals surface area contributed by atoms with Gasteiger partial charge in [-0.15, -0.1) is 0 Å². The molecule has 2 aromatic carbocycles. The minimum Gasteiger partial charge on any atom is -0.455 e. The zero-order valence-electron chi connectivity index (χ0n) is 20.0. The first-order valence-electron chi connectivity index (χ1n) is 11.1. The highest BCUT2D eigenvalue weighted by atomic mass is 35.5. The van der Waals surface area contributed by atoms with Crippen molar-refractivity contribution >= 4 is 44.2 Å². The van der Waals surface area contributed by atoms with Gasteiger partial charge in [-0.25, -0.2) is 9.71 Å². The molecule has 0 bridgehead atoms. The van der Waals surface area contributed by atoms with Crippen LogP contribution in [0.4, 0.5) is 5.69 Å². The van der Waals surface area contributed by atoms with Gasteiger partial charge in [0.15, 0.2) is 5.43 Å². The van der Waals surface area contributed by atoms with E-state index in [1.54, 1.807) is 19.9 Å². The van der Waals surface area contributed by atoms with Crippen LogP contribution in [0.2, 0.25) is 5.15 Å². The molecule has 1 amide bonds. The molecule has 1 atom stereocenters. The second kappa shape index (κ2) is 9.75. The molecule has 0 fully saturated rings. The lowest BCUT2D eigenvalue weighted by Gasteiger charge is -2.20. The Labute approximate surface area is 213 Å².